The lowest BCUT2D eigenvalue weighted by Gasteiger charge is -2.14. The first kappa shape index (κ1) is 18.2. The topological polar surface area (TPSA) is 63.7 Å². The van der Waals surface area contributed by atoms with Gasteiger partial charge in [-0.3, -0.25) is 19.3 Å². The van der Waals surface area contributed by atoms with Crippen LogP contribution >= 0.6 is 11.8 Å². The van der Waals surface area contributed by atoms with Crippen molar-refractivity contribution in [1.82, 2.24) is 4.90 Å². The monoisotopic (exact) mass is 369 g/mol. The van der Waals surface area contributed by atoms with E-state index in [0.717, 1.165) is 20.9 Å². The SMILES string of the molecule is Cc1ccc(C)c(SCC(=O)OCCN2C(=O)c3ccccc3C2=O)c1. The Bertz CT molecular complexity index is 843. The Morgan fingerprint density at radius 2 is 1.69 bits per heavy atom. The minimum absolute atomic E-state index is 0.00232. The molecule has 134 valence electrons. The highest BCUT2D eigenvalue weighted by molar-refractivity contribution is 8.00. The van der Waals surface area contributed by atoms with Crippen LogP contribution in [0.4, 0.5) is 0 Å². The molecule has 5 nitrogen and oxygen atoms in total. The van der Waals surface area contributed by atoms with E-state index >= 15 is 0 Å². The normalized spacial score (nSPS) is 13.1. The third-order valence-corrected chi connectivity index (χ3v) is 5.28. The third kappa shape index (κ3) is 3.80. The lowest BCUT2D eigenvalue weighted by Crippen LogP contribution is -2.33. The summed E-state index contributed by atoms with van der Waals surface area (Å²) in [6, 6.07) is 12.8. The molecule has 0 N–H and O–H groups in total. The van der Waals surface area contributed by atoms with E-state index < -0.39 is 0 Å². The van der Waals surface area contributed by atoms with Crippen molar-refractivity contribution < 1.29 is 19.1 Å². The van der Waals surface area contributed by atoms with E-state index in [0.29, 0.717) is 11.1 Å². The average molecular weight is 369 g/mol. The van der Waals surface area contributed by atoms with Crippen molar-refractivity contribution in [2.75, 3.05) is 18.9 Å². The first-order chi connectivity index (χ1) is 12.5. The summed E-state index contributed by atoms with van der Waals surface area (Å²) in [5.74, 6) is -0.864. The Labute approximate surface area is 156 Å². The van der Waals surface area contributed by atoms with Gasteiger partial charge in [0.1, 0.15) is 6.61 Å². The first-order valence-corrected chi connectivity index (χ1v) is 9.27. The molecule has 26 heavy (non-hydrogen) atoms. The number of ether oxygens (including phenoxy) is 1. The number of fused-ring (bicyclic) bond motifs is 1. The van der Waals surface area contributed by atoms with Gasteiger partial charge in [-0.05, 0) is 37.6 Å². The molecule has 0 bridgehead atoms. The highest BCUT2D eigenvalue weighted by Gasteiger charge is 2.34. The van der Waals surface area contributed by atoms with Crippen LogP contribution in [0.15, 0.2) is 47.4 Å². The lowest BCUT2D eigenvalue weighted by molar-refractivity contribution is -0.140. The minimum Gasteiger partial charge on any atom is -0.463 e. The van der Waals surface area contributed by atoms with Crippen molar-refractivity contribution in [3.05, 3.63) is 64.7 Å². The van der Waals surface area contributed by atoms with E-state index in [-0.39, 0.29) is 36.7 Å². The van der Waals surface area contributed by atoms with Gasteiger partial charge in [0.2, 0.25) is 0 Å². The predicted octanol–water partition coefficient (Wildman–Crippen LogP) is 3.23. The summed E-state index contributed by atoms with van der Waals surface area (Å²) in [7, 11) is 0. The second-order valence-corrected chi connectivity index (χ2v) is 7.10. The summed E-state index contributed by atoms with van der Waals surface area (Å²) < 4.78 is 5.19. The van der Waals surface area contributed by atoms with Gasteiger partial charge < -0.3 is 4.74 Å². The van der Waals surface area contributed by atoms with Crippen molar-refractivity contribution in [3.8, 4) is 0 Å². The van der Waals surface area contributed by atoms with Gasteiger partial charge in [-0.25, -0.2) is 0 Å². The van der Waals surface area contributed by atoms with Gasteiger partial charge in [0.25, 0.3) is 11.8 Å². The van der Waals surface area contributed by atoms with Crippen LogP contribution in [-0.2, 0) is 9.53 Å². The highest BCUT2D eigenvalue weighted by atomic mass is 32.2. The van der Waals surface area contributed by atoms with Gasteiger partial charge in [0.15, 0.2) is 0 Å². The molecule has 0 aliphatic carbocycles. The van der Waals surface area contributed by atoms with Crippen LogP contribution in [-0.4, -0.2) is 41.6 Å². The van der Waals surface area contributed by atoms with E-state index in [9.17, 15) is 14.4 Å². The fraction of sp³-hybridized carbons (Fsp3) is 0.250. The molecular formula is C20H19NO4S. The summed E-state index contributed by atoms with van der Waals surface area (Å²) in [5, 5.41) is 0. The summed E-state index contributed by atoms with van der Waals surface area (Å²) >= 11 is 1.42. The van der Waals surface area contributed by atoms with Crippen LogP contribution in [0, 0.1) is 13.8 Å². The Morgan fingerprint density at radius 1 is 1.04 bits per heavy atom. The standard InChI is InChI=1S/C20H19NO4S/c1-13-7-8-14(2)17(11-13)26-12-18(22)25-10-9-21-19(23)15-5-3-4-6-16(15)20(21)24/h3-8,11H,9-10,12H2,1-2H3. The molecule has 0 atom stereocenters. The van der Waals surface area contributed by atoms with E-state index in [2.05, 4.69) is 0 Å². The molecule has 3 rings (SSSR count). The van der Waals surface area contributed by atoms with E-state index in [1.54, 1.807) is 24.3 Å². The molecule has 0 radical (unpaired) electrons. The molecule has 2 amide bonds. The number of thioether (sulfide) groups is 1. The maximum Gasteiger partial charge on any atom is 0.316 e. The Kier molecular flexibility index (Phi) is 5.42. The number of amides is 2. The molecule has 0 saturated heterocycles. The van der Waals surface area contributed by atoms with E-state index in [1.165, 1.54) is 11.8 Å². The van der Waals surface area contributed by atoms with Crippen LogP contribution in [0.3, 0.4) is 0 Å². The lowest BCUT2D eigenvalue weighted by atomic mass is 10.1. The Hall–Kier alpha value is -2.60. The van der Waals surface area contributed by atoms with Crippen molar-refractivity contribution in [1.29, 1.82) is 0 Å². The number of imide groups is 1. The number of aryl methyl sites for hydroxylation is 2. The summed E-state index contributed by atoms with van der Waals surface area (Å²) in [5.41, 5.74) is 3.04. The second-order valence-electron chi connectivity index (χ2n) is 6.09. The highest BCUT2D eigenvalue weighted by Crippen LogP contribution is 2.24. The van der Waals surface area contributed by atoms with E-state index in [1.807, 2.05) is 32.0 Å². The molecule has 1 aliphatic rings. The van der Waals surface area contributed by atoms with Crippen LogP contribution in [0.1, 0.15) is 31.8 Å². The maximum absolute atomic E-state index is 12.2. The quantitative estimate of drug-likeness (QED) is 0.444. The number of hydrogen-bond acceptors (Lipinski definition) is 5. The zero-order chi connectivity index (χ0) is 18.7. The van der Waals surface area contributed by atoms with Gasteiger partial charge in [-0.1, -0.05) is 29.8 Å². The molecule has 6 heteroatoms. The Morgan fingerprint density at radius 3 is 2.35 bits per heavy atom. The average Bonchev–Trinajstić information content (AvgIpc) is 2.88. The minimum atomic E-state index is -0.368. The molecule has 2 aromatic carbocycles. The molecular weight excluding hydrogens is 350 g/mol. The van der Waals surface area contributed by atoms with Crippen molar-refractivity contribution >= 4 is 29.5 Å². The van der Waals surface area contributed by atoms with Gasteiger partial charge in [-0.15, -0.1) is 11.8 Å². The molecule has 1 aliphatic heterocycles. The second kappa shape index (κ2) is 7.74. The van der Waals surface area contributed by atoms with Crippen LogP contribution in [0.25, 0.3) is 0 Å². The maximum atomic E-state index is 12.2. The predicted molar refractivity (Wildman–Crippen MR) is 99.4 cm³/mol. The summed E-state index contributed by atoms with van der Waals surface area (Å²) in [6.45, 7) is 4.06. The summed E-state index contributed by atoms with van der Waals surface area (Å²) in [4.78, 5) is 38.5. The first-order valence-electron chi connectivity index (χ1n) is 8.28. The number of nitrogens with zero attached hydrogens (tertiary/aromatic N) is 1. The van der Waals surface area contributed by atoms with Gasteiger partial charge in [-0.2, -0.15) is 0 Å². The molecule has 0 aromatic heterocycles. The number of rotatable bonds is 6. The molecule has 1 heterocycles. The number of esters is 1. The van der Waals surface area contributed by atoms with Gasteiger partial charge >= 0.3 is 5.97 Å². The van der Waals surface area contributed by atoms with Gasteiger partial charge in [0.05, 0.1) is 23.4 Å². The smallest absolute Gasteiger partial charge is 0.316 e. The number of benzene rings is 2. The molecule has 0 unspecified atom stereocenters. The van der Waals surface area contributed by atoms with Crippen molar-refractivity contribution in [3.63, 3.8) is 0 Å². The summed E-state index contributed by atoms with van der Waals surface area (Å²) in [6.07, 6.45) is 0. The largest absolute Gasteiger partial charge is 0.463 e. The zero-order valence-corrected chi connectivity index (χ0v) is 15.5. The van der Waals surface area contributed by atoms with Gasteiger partial charge in [0, 0.05) is 4.90 Å². The zero-order valence-electron chi connectivity index (χ0n) is 14.7. The van der Waals surface area contributed by atoms with E-state index in [4.69, 9.17) is 4.74 Å². The van der Waals surface area contributed by atoms with Crippen molar-refractivity contribution in [2.45, 2.75) is 18.7 Å². The number of carbonyl (C=O) groups excluding carboxylic acids is 3. The van der Waals surface area contributed by atoms with Crippen LogP contribution < -0.4 is 0 Å². The molecule has 0 spiro atoms. The molecule has 0 fully saturated rings. The van der Waals surface area contributed by atoms with Crippen LogP contribution in [0.5, 0.6) is 0 Å². The molecule has 2 aromatic rings. The molecule has 0 saturated carbocycles. The number of hydrogen-bond donors (Lipinski definition) is 0. The van der Waals surface area contributed by atoms with Crippen LogP contribution in [0.2, 0.25) is 0 Å². The Balaban J connectivity index is 1.48. The third-order valence-electron chi connectivity index (χ3n) is 4.15. The fourth-order valence-electron chi connectivity index (χ4n) is 2.73. The van der Waals surface area contributed by atoms with Crippen molar-refractivity contribution in [2.24, 2.45) is 0 Å². The number of carbonyl (C=O) groups is 3. The fourth-order valence-corrected chi connectivity index (χ4v) is 3.66.